The summed E-state index contributed by atoms with van der Waals surface area (Å²) in [5.74, 6) is 1.63. The molecule has 1 aliphatic rings. The first-order chi connectivity index (χ1) is 18.0. The molecular weight excluding hydrogens is 486 g/mol. The minimum Gasteiger partial charge on any atom is -0.493 e. The monoisotopic (exact) mass is 517 g/mol. The molecule has 0 unspecified atom stereocenters. The lowest BCUT2D eigenvalue weighted by Gasteiger charge is -2.15. The Hall–Kier alpha value is -3.65. The predicted octanol–water partition coefficient (Wildman–Crippen LogP) is 4.69. The molecule has 0 aliphatic heterocycles. The van der Waals surface area contributed by atoms with Crippen molar-refractivity contribution in [1.29, 1.82) is 0 Å². The lowest BCUT2D eigenvalue weighted by atomic mass is 9.97. The summed E-state index contributed by atoms with van der Waals surface area (Å²) in [6.45, 7) is 2.36. The molecule has 1 amide bonds. The molecule has 8 heteroatoms. The molecule has 1 aliphatic carbocycles. The molecule has 0 spiro atoms. The van der Waals surface area contributed by atoms with Crippen LogP contribution in [-0.4, -0.2) is 36.2 Å². The van der Waals surface area contributed by atoms with Gasteiger partial charge in [0.25, 0.3) is 5.56 Å². The van der Waals surface area contributed by atoms with Gasteiger partial charge in [-0.2, -0.15) is 0 Å². The fourth-order valence-corrected chi connectivity index (χ4v) is 6.22. The van der Waals surface area contributed by atoms with E-state index < -0.39 is 0 Å². The number of amides is 1. The summed E-state index contributed by atoms with van der Waals surface area (Å²) in [6.07, 6.45) is 4.73. The zero-order valence-corrected chi connectivity index (χ0v) is 22.2. The average molecular weight is 518 g/mol. The number of aryl methyl sites for hydroxylation is 3. The summed E-state index contributed by atoms with van der Waals surface area (Å²) in [6, 6.07) is 13.6. The van der Waals surface area contributed by atoms with Gasteiger partial charge in [-0.1, -0.05) is 29.8 Å². The number of carbonyl (C=O) groups excluding carboxylic acids is 1. The highest BCUT2D eigenvalue weighted by molar-refractivity contribution is 7.18. The third kappa shape index (κ3) is 5.11. The largest absolute Gasteiger partial charge is 0.493 e. The van der Waals surface area contributed by atoms with Crippen molar-refractivity contribution in [1.82, 2.24) is 14.9 Å². The van der Waals surface area contributed by atoms with Crippen molar-refractivity contribution in [2.45, 2.75) is 45.6 Å². The van der Waals surface area contributed by atoms with Crippen LogP contribution in [0.5, 0.6) is 11.5 Å². The van der Waals surface area contributed by atoms with Crippen molar-refractivity contribution in [2.24, 2.45) is 0 Å². The summed E-state index contributed by atoms with van der Waals surface area (Å²) < 4.78 is 12.2. The quantitative estimate of drug-likeness (QED) is 0.367. The first kappa shape index (κ1) is 25.0. The zero-order valence-electron chi connectivity index (χ0n) is 21.4. The van der Waals surface area contributed by atoms with Crippen LogP contribution in [0.25, 0.3) is 21.6 Å². The second kappa shape index (κ2) is 10.8. The minimum absolute atomic E-state index is 0.0817. The van der Waals surface area contributed by atoms with E-state index in [1.54, 1.807) is 30.1 Å². The maximum atomic E-state index is 13.8. The summed E-state index contributed by atoms with van der Waals surface area (Å²) in [5.41, 5.74) is 3.92. The molecule has 7 nitrogen and oxygen atoms in total. The van der Waals surface area contributed by atoms with E-state index >= 15 is 0 Å². The Bertz CT molecular complexity index is 1520. The lowest BCUT2D eigenvalue weighted by Crippen LogP contribution is -2.34. The number of hydrogen-bond acceptors (Lipinski definition) is 6. The maximum Gasteiger partial charge on any atom is 0.263 e. The highest BCUT2D eigenvalue weighted by Crippen LogP contribution is 2.35. The fourth-order valence-electron chi connectivity index (χ4n) is 4.97. The van der Waals surface area contributed by atoms with E-state index in [0.29, 0.717) is 35.7 Å². The van der Waals surface area contributed by atoms with Crippen LogP contribution >= 0.6 is 11.3 Å². The molecule has 2 heterocycles. The number of nitrogens with one attached hydrogen (secondary N) is 1. The van der Waals surface area contributed by atoms with Gasteiger partial charge in [0.05, 0.1) is 19.6 Å². The third-order valence-corrected chi connectivity index (χ3v) is 8.02. The van der Waals surface area contributed by atoms with Crippen molar-refractivity contribution in [3.63, 3.8) is 0 Å². The number of benzene rings is 2. The van der Waals surface area contributed by atoms with Crippen LogP contribution in [0.2, 0.25) is 0 Å². The topological polar surface area (TPSA) is 82.5 Å². The maximum absolute atomic E-state index is 13.8. The molecule has 2 aromatic heterocycles. The standard InChI is InChI=1S/C29H31N3O4S/c1-18-7-6-8-20(15-18)27-31-28-26(21-9-4-5-10-24(21)37-28)29(34)32(27)17-25(33)30-14-13-19-11-12-22(35-2)23(16-19)36-3/h6-8,11-12,15-16H,4-5,9-10,13-14,17H2,1-3H3,(H,30,33). The smallest absolute Gasteiger partial charge is 0.263 e. The molecule has 1 N–H and O–H groups in total. The Balaban J connectivity index is 1.42. The van der Waals surface area contributed by atoms with Crippen molar-refractivity contribution in [2.75, 3.05) is 20.8 Å². The van der Waals surface area contributed by atoms with Crippen LogP contribution in [0.1, 0.15) is 34.4 Å². The molecule has 0 radical (unpaired) electrons. The Kier molecular flexibility index (Phi) is 7.28. The molecule has 0 saturated heterocycles. The molecule has 0 bridgehead atoms. The van der Waals surface area contributed by atoms with Gasteiger partial charge in [0.1, 0.15) is 17.2 Å². The second-order valence-electron chi connectivity index (χ2n) is 9.38. The number of fused-ring (bicyclic) bond motifs is 3. The van der Waals surface area contributed by atoms with Gasteiger partial charge in [0.15, 0.2) is 11.5 Å². The number of ether oxygens (including phenoxy) is 2. The molecule has 37 heavy (non-hydrogen) atoms. The number of thiophene rings is 1. The van der Waals surface area contributed by atoms with Crippen LogP contribution in [0, 0.1) is 6.92 Å². The van der Waals surface area contributed by atoms with E-state index in [2.05, 4.69) is 5.32 Å². The highest BCUT2D eigenvalue weighted by atomic mass is 32.1. The van der Waals surface area contributed by atoms with Gasteiger partial charge < -0.3 is 14.8 Å². The van der Waals surface area contributed by atoms with E-state index in [4.69, 9.17) is 14.5 Å². The summed E-state index contributed by atoms with van der Waals surface area (Å²) in [7, 11) is 3.20. The summed E-state index contributed by atoms with van der Waals surface area (Å²) in [4.78, 5) is 33.9. The van der Waals surface area contributed by atoms with Gasteiger partial charge in [-0.25, -0.2) is 4.98 Å². The number of methoxy groups -OCH3 is 2. The van der Waals surface area contributed by atoms with Gasteiger partial charge in [-0.15, -0.1) is 11.3 Å². The van der Waals surface area contributed by atoms with Crippen molar-refractivity contribution < 1.29 is 14.3 Å². The number of carbonyl (C=O) groups is 1. The van der Waals surface area contributed by atoms with E-state index in [9.17, 15) is 9.59 Å². The number of hydrogen-bond donors (Lipinski definition) is 1. The molecular formula is C29H31N3O4S. The SMILES string of the molecule is COc1ccc(CCNC(=O)Cn2c(-c3cccc(C)c3)nc3sc4c(c3c2=O)CCCC4)cc1OC. The second-order valence-corrected chi connectivity index (χ2v) is 10.5. The number of rotatable bonds is 8. The van der Waals surface area contributed by atoms with Crippen LogP contribution in [0.4, 0.5) is 0 Å². The van der Waals surface area contributed by atoms with Gasteiger partial charge in [0.2, 0.25) is 5.91 Å². The van der Waals surface area contributed by atoms with E-state index in [0.717, 1.165) is 52.8 Å². The average Bonchev–Trinajstić information content (AvgIpc) is 3.28. The lowest BCUT2D eigenvalue weighted by molar-refractivity contribution is -0.121. The summed E-state index contributed by atoms with van der Waals surface area (Å²) in [5, 5.41) is 3.66. The molecule has 2 aromatic carbocycles. The first-order valence-electron chi connectivity index (χ1n) is 12.6. The van der Waals surface area contributed by atoms with Gasteiger partial charge in [-0.05, 0) is 68.4 Å². The van der Waals surface area contributed by atoms with Gasteiger partial charge in [-0.3, -0.25) is 14.2 Å². The summed E-state index contributed by atoms with van der Waals surface area (Å²) >= 11 is 1.63. The highest BCUT2D eigenvalue weighted by Gasteiger charge is 2.23. The van der Waals surface area contributed by atoms with E-state index in [-0.39, 0.29) is 18.0 Å². The van der Waals surface area contributed by atoms with Crippen molar-refractivity contribution >= 4 is 27.5 Å². The molecule has 0 atom stereocenters. The Morgan fingerprint density at radius 1 is 1.08 bits per heavy atom. The van der Waals surface area contributed by atoms with Gasteiger partial charge in [0, 0.05) is 17.0 Å². The number of nitrogens with zero attached hydrogens (tertiary/aromatic N) is 2. The normalized spacial score (nSPS) is 12.8. The third-order valence-electron chi connectivity index (χ3n) is 6.84. The van der Waals surface area contributed by atoms with E-state index in [1.807, 2.05) is 49.4 Å². The van der Waals surface area contributed by atoms with E-state index in [1.165, 1.54) is 4.88 Å². The predicted molar refractivity (Wildman–Crippen MR) is 147 cm³/mol. The van der Waals surface area contributed by atoms with Crippen molar-refractivity contribution in [3.05, 3.63) is 74.4 Å². The van der Waals surface area contributed by atoms with Crippen LogP contribution in [0.3, 0.4) is 0 Å². The van der Waals surface area contributed by atoms with Crippen LogP contribution in [-0.2, 0) is 30.6 Å². The number of aromatic nitrogens is 2. The Morgan fingerprint density at radius 3 is 2.68 bits per heavy atom. The zero-order chi connectivity index (χ0) is 25.9. The Labute approximate surface area is 220 Å². The Morgan fingerprint density at radius 2 is 1.89 bits per heavy atom. The first-order valence-corrected chi connectivity index (χ1v) is 13.4. The van der Waals surface area contributed by atoms with Crippen LogP contribution in [0.15, 0.2) is 47.3 Å². The molecule has 5 rings (SSSR count). The molecule has 4 aromatic rings. The van der Waals surface area contributed by atoms with Crippen molar-refractivity contribution in [3.8, 4) is 22.9 Å². The molecule has 192 valence electrons. The fraction of sp³-hybridized carbons (Fsp3) is 0.345. The van der Waals surface area contributed by atoms with Crippen LogP contribution < -0.4 is 20.3 Å². The molecule has 0 fully saturated rings. The minimum atomic E-state index is -0.221. The van der Waals surface area contributed by atoms with Gasteiger partial charge >= 0.3 is 0 Å². The molecule has 0 saturated carbocycles.